The van der Waals surface area contributed by atoms with E-state index in [0.29, 0.717) is 12.3 Å². The van der Waals surface area contributed by atoms with Gasteiger partial charge in [-0.2, -0.15) is 0 Å². The lowest BCUT2D eigenvalue weighted by Crippen LogP contribution is -2.32. The van der Waals surface area contributed by atoms with Gasteiger partial charge in [0.05, 0.1) is 11.9 Å². The molecule has 3 nitrogen and oxygen atoms in total. The molecule has 0 spiro atoms. The summed E-state index contributed by atoms with van der Waals surface area (Å²) in [6.45, 7) is 1.48. The quantitative estimate of drug-likeness (QED) is 0.862. The zero-order chi connectivity index (χ0) is 13.5. The molecule has 0 radical (unpaired) electrons. The van der Waals surface area contributed by atoms with Gasteiger partial charge in [0, 0.05) is 23.4 Å². The van der Waals surface area contributed by atoms with Gasteiger partial charge in [-0.1, -0.05) is 28.1 Å². The van der Waals surface area contributed by atoms with Crippen LogP contribution in [0.3, 0.4) is 0 Å². The number of thioether (sulfide) groups is 1. The minimum atomic E-state index is 0.0931. The second-order valence-corrected chi connectivity index (χ2v) is 6.46. The van der Waals surface area contributed by atoms with Crippen molar-refractivity contribution < 1.29 is 9.53 Å². The summed E-state index contributed by atoms with van der Waals surface area (Å²) in [5.41, 5.74) is 1.23. The first kappa shape index (κ1) is 14.9. The summed E-state index contributed by atoms with van der Waals surface area (Å²) in [5, 5.41) is 2.93. The molecule has 1 fully saturated rings. The molecule has 1 amide bonds. The fraction of sp³-hybridized carbons (Fsp3) is 0.500. The normalized spacial score (nSPS) is 18.5. The van der Waals surface area contributed by atoms with E-state index in [9.17, 15) is 4.79 Å². The summed E-state index contributed by atoms with van der Waals surface area (Å²) in [5.74, 6) is 1.45. The fourth-order valence-electron chi connectivity index (χ4n) is 1.97. The van der Waals surface area contributed by atoms with Gasteiger partial charge in [0.25, 0.3) is 0 Å². The molecule has 0 bridgehead atoms. The fourth-order valence-corrected chi connectivity index (χ4v) is 3.22. The van der Waals surface area contributed by atoms with Crippen LogP contribution in [0.2, 0.25) is 0 Å². The third-order valence-corrected chi connectivity index (χ3v) is 4.44. The molecule has 1 aliphatic heterocycles. The Morgan fingerprint density at radius 3 is 3.16 bits per heavy atom. The summed E-state index contributed by atoms with van der Waals surface area (Å²) in [6.07, 6.45) is 2.39. The van der Waals surface area contributed by atoms with E-state index in [1.807, 2.05) is 12.1 Å². The van der Waals surface area contributed by atoms with Crippen LogP contribution in [0.5, 0.6) is 0 Å². The van der Waals surface area contributed by atoms with E-state index in [1.54, 1.807) is 11.8 Å². The average molecular weight is 344 g/mol. The van der Waals surface area contributed by atoms with Crippen molar-refractivity contribution in [2.45, 2.75) is 24.7 Å². The van der Waals surface area contributed by atoms with Crippen LogP contribution in [0, 0.1) is 0 Å². The van der Waals surface area contributed by atoms with Crippen molar-refractivity contribution in [3.05, 3.63) is 34.3 Å². The Labute approximate surface area is 126 Å². The first-order chi connectivity index (χ1) is 9.24. The Morgan fingerprint density at radius 2 is 2.42 bits per heavy atom. The highest BCUT2D eigenvalue weighted by atomic mass is 79.9. The van der Waals surface area contributed by atoms with E-state index in [0.717, 1.165) is 29.7 Å². The highest BCUT2D eigenvalue weighted by Crippen LogP contribution is 2.17. The Kier molecular flexibility index (Phi) is 6.20. The van der Waals surface area contributed by atoms with Gasteiger partial charge in [-0.05, 0) is 30.5 Å². The molecule has 2 rings (SSSR count). The number of nitrogens with one attached hydrogen (secondary N) is 1. The number of rotatable bonds is 6. The number of benzene rings is 1. The van der Waals surface area contributed by atoms with Crippen LogP contribution in [0.25, 0.3) is 0 Å². The number of carbonyl (C=O) groups excluding carboxylic acids is 1. The van der Waals surface area contributed by atoms with Gasteiger partial charge < -0.3 is 10.1 Å². The van der Waals surface area contributed by atoms with Crippen molar-refractivity contribution in [1.82, 2.24) is 5.32 Å². The second-order valence-electron chi connectivity index (χ2n) is 4.56. The Balaban J connectivity index is 1.60. The minimum Gasteiger partial charge on any atom is -0.376 e. The van der Waals surface area contributed by atoms with Crippen molar-refractivity contribution in [3.63, 3.8) is 0 Å². The van der Waals surface area contributed by atoms with Gasteiger partial charge >= 0.3 is 0 Å². The molecule has 1 N–H and O–H groups in total. The number of hydrogen-bond donors (Lipinski definition) is 1. The third kappa shape index (κ3) is 5.55. The first-order valence-electron chi connectivity index (χ1n) is 6.44. The average Bonchev–Trinajstić information content (AvgIpc) is 2.89. The molecule has 5 heteroatoms. The van der Waals surface area contributed by atoms with Crippen LogP contribution < -0.4 is 5.32 Å². The van der Waals surface area contributed by atoms with Crippen LogP contribution in [-0.2, 0) is 15.3 Å². The van der Waals surface area contributed by atoms with Gasteiger partial charge in [0.1, 0.15) is 0 Å². The van der Waals surface area contributed by atoms with Crippen LogP contribution >= 0.6 is 27.7 Å². The van der Waals surface area contributed by atoms with Gasteiger partial charge in [0.15, 0.2) is 0 Å². The van der Waals surface area contributed by atoms with Crippen molar-refractivity contribution in [2.75, 3.05) is 18.9 Å². The zero-order valence-electron chi connectivity index (χ0n) is 10.7. The monoisotopic (exact) mass is 343 g/mol. The third-order valence-electron chi connectivity index (χ3n) is 2.94. The standard InChI is InChI=1S/C14H18BrNO2S/c15-12-4-1-3-11(7-12)9-19-10-14(17)16-8-13-5-2-6-18-13/h1,3-4,7,13H,2,5-6,8-10H2,(H,16,17). The summed E-state index contributed by atoms with van der Waals surface area (Å²) >= 11 is 5.08. The molecular weight excluding hydrogens is 326 g/mol. The van der Waals surface area contributed by atoms with Crippen molar-refractivity contribution in [2.24, 2.45) is 0 Å². The number of ether oxygens (including phenoxy) is 1. The van der Waals surface area contributed by atoms with E-state index in [1.165, 1.54) is 5.56 Å². The Hall–Kier alpha value is -0.520. The molecular formula is C14H18BrNO2S. The Bertz CT molecular complexity index is 422. The summed E-state index contributed by atoms with van der Waals surface area (Å²) in [4.78, 5) is 11.7. The maximum absolute atomic E-state index is 11.7. The lowest BCUT2D eigenvalue weighted by Gasteiger charge is -2.10. The smallest absolute Gasteiger partial charge is 0.230 e. The van der Waals surface area contributed by atoms with E-state index >= 15 is 0 Å². The van der Waals surface area contributed by atoms with Gasteiger partial charge in [-0.3, -0.25) is 4.79 Å². The largest absolute Gasteiger partial charge is 0.376 e. The molecule has 1 heterocycles. The van der Waals surface area contributed by atoms with Crippen LogP contribution in [0.4, 0.5) is 0 Å². The molecule has 104 valence electrons. The predicted molar refractivity (Wildman–Crippen MR) is 82.3 cm³/mol. The van der Waals surface area contributed by atoms with Gasteiger partial charge in [0.2, 0.25) is 5.91 Å². The number of hydrogen-bond acceptors (Lipinski definition) is 3. The highest BCUT2D eigenvalue weighted by Gasteiger charge is 2.15. The second kappa shape index (κ2) is 7.92. The minimum absolute atomic E-state index is 0.0931. The number of carbonyl (C=O) groups is 1. The molecule has 1 unspecified atom stereocenters. The topological polar surface area (TPSA) is 38.3 Å². The highest BCUT2D eigenvalue weighted by molar-refractivity contribution is 9.10. The van der Waals surface area contributed by atoms with Gasteiger partial charge in [-0.15, -0.1) is 11.8 Å². The van der Waals surface area contributed by atoms with Crippen molar-refractivity contribution in [3.8, 4) is 0 Å². The van der Waals surface area contributed by atoms with E-state index in [4.69, 9.17) is 4.74 Å². The van der Waals surface area contributed by atoms with Gasteiger partial charge in [-0.25, -0.2) is 0 Å². The Morgan fingerprint density at radius 1 is 1.53 bits per heavy atom. The van der Waals surface area contributed by atoms with Crippen molar-refractivity contribution in [1.29, 1.82) is 0 Å². The lowest BCUT2D eigenvalue weighted by molar-refractivity contribution is -0.119. The van der Waals surface area contributed by atoms with E-state index < -0.39 is 0 Å². The lowest BCUT2D eigenvalue weighted by atomic mass is 10.2. The molecule has 1 aromatic rings. The maximum Gasteiger partial charge on any atom is 0.230 e. The molecule has 1 aliphatic rings. The van der Waals surface area contributed by atoms with Crippen molar-refractivity contribution >= 4 is 33.6 Å². The molecule has 1 atom stereocenters. The number of halogens is 1. The summed E-state index contributed by atoms with van der Waals surface area (Å²) < 4.78 is 6.54. The van der Waals surface area contributed by atoms with Crippen LogP contribution in [0.1, 0.15) is 18.4 Å². The zero-order valence-corrected chi connectivity index (χ0v) is 13.1. The molecule has 0 saturated carbocycles. The molecule has 1 aromatic carbocycles. The molecule has 0 aromatic heterocycles. The first-order valence-corrected chi connectivity index (χ1v) is 8.39. The van der Waals surface area contributed by atoms with E-state index in [2.05, 4.69) is 33.4 Å². The van der Waals surface area contributed by atoms with E-state index in [-0.39, 0.29) is 12.0 Å². The number of amides is 1. The van der Waals surface area contributed by atoms with Crippen LogP contribution in [-0.4, -0.2) is 30.9 Å². The summed E-state index contributed by atoms with van der Waals surface area (Å²) in [6, 6.07) is 8.17. The predicted octanol–water partition coefficient (Wildman–Crippen LogP) is 2.98. The molecule has 0 aliphatic carbocycles. The molecule has 19 heavy (non-hydrogen) atoms. The summed E-state index contributed by atoms with van der Waals surface area (Å²) in [7, 11) is 0. The maximum atomic E-state index is 11.7. The molecule has 1 saturated heterocycles. The SMILES string of the molecule is O=C(CSCc1cccc(Br)c1)NCC1CCCO1. The van der Waals surface area contributed by atoms with Crippen LogP contribution in [0.15, 0.2) is 28.7 Å².